The number of nitro benzene ring substituents is 1. The quantitative estimate of drug-likeness (QED) is 0.672. The van der Waals surface area contributed by atoms with Crippen LogP contribution in [-0.2, 0) is 4.79 Å². The molecule has 2 aliphatic heterocycles. The molecule has 0 bridgehead atoms. The van der Waals surface area contributed by atoms with Crippen molar-refractivity contribution < 1.29 is 9.72 Å². The van der Waals surface area contributed by atoms with Crippen molar-refractivity contribution in [1.29, 1.82) is 0 Å². The van der Waals surface area contributed by atoms with Gasteiger partial charge in [0.05, 0.1) is 16.7 Å². The molecule has 2 atom stereocenters. The lowest BCUT2D eigenvalue weighted by Gasteiger charge is -2.44. The van der Waals surface area contributed by atoms with Gasteiger partial charge in [-0.15, -0.1) is 0 Å². The van der Waals surface area contributed by atoms with Gasteiger partial charge in [0.1, 0.15) is 0 Å². The molecule has 2 aliphatic rings. The number of amides is 1. The normalized spacial score (nSPS) is 27.5. The van der Waals surface area contributed by atoms with Gasteiger partial charge in [0.25, 0.3) is 5.69 Å². The van der Waals surface area contributed by atoms with E-state index in [4.69, 9.17) is 5.73 Å². The van der Waals surface area contributed by atoms with E-state index in [0.717, 1.165) is 25.9 Å². The van der Waals surface area contributed by atoms with Crippen LogP contribution in [-0.4, -0.2) is 47.4 Å². The van der Waals surface area contributed by atoms with Crippen LogP contribution in [0.25, 0.3) is 0 Å². The maximum atomic E-state index is 12.9. The minimum atomic E-state index is -0.434. The summed E-state index contributed by atoms with van der Waals surface area (Å²) in [6.45, 7) is 6.49. The van der Waals surface area contributed by atoms with E-state index in [1.54, 1.807) is 17.0 Å². The molecule has 1 amide bonds. The zero-order valence-corrected chi connectivity index (χ0v) is 14.1. The Morgan fingerprint density at radius 3 is 2.71 bits per heavy atom. The zero-order valence-electron chi connectivity index (χ0n) is 14.1. The molecule has 130 valence electrons. The van der Waals surface area contributed by atoms with E-state index >= 15 is 0 Å². The summed E-state index contributed by atoms with van der Waals surface area (Å²) in [5.41, 5.74) is 6.78. The predicted molar refractivity (Wildman–Crippen MR) is 91.8 cm³/mol. The zero-order chi connectivity index (χ0) is 17.5. The van der Waals surface area contributed by atoms with Crippen molar-refractivity contribution >= 4 is 17.3 Å². The van der Waals surface area contributed by atoms with Crippen LogP contribution in [0.2, 0.25) is 0 Å². The second-order valence-corrected chi connectivity index (χ2v) is 7.43. The van der Waals surface area contributed by atoms with Gasteiger partial charge in [0, 0.05) is 37.8 Å². The van der Waals surface area contributed by atoms with Crippen LogP contribution < -0.4 is 10.6 Å². The van der Waals surface area contributed by atoms with E-state index < -0.39 is 4.92 Å². The minimum Gasteiger partial charge on any atom is -0.327 e. The van der Waals surface area contributed by atoms with Gasteiger partial charge in [0.2, 0.25) is 5.91 Å². The highest BCUT2D eigenvalue weighted by atomic mass is 16.6. The highest BCUT2D eigenvalue weighted by Crippen LogP contribution is 2.33. The molecule has 1 aromatic rings. The van der Waals surface area contributed by atoms with Gasteiger partial charge in [0.15, 0.2) is 0 Å². The number of benzene rings is 1. The Kier molecular flexibility index (Phi) is 4.31. The lowest BCUT2D eigenvalue weighted by Crippen LogP contribution is -2.56. The van der Waals surface area contributed by atoms with Gasteiger partial charge in [-0.2, -0.15) is 0 Å². The van der Waals surface area contributed by atoms with Crippen molar-refractivity contribution in [2.45, 2.75) is 38.8 Å². The van der Waals surface area contributed by atoms with Gasteiger partial charge in [-0.1, -0.05) is 19.9 Å². The number of rotatable bonds is 3. The van der Waals surface area contributed by atoms with Gasteiger partial charge >= 0.3 is 0 Å². The maximum Gasteiger partial charge on any atom is 0.271 e. The first-order chi connectivity index (χ1) is 11.3. The molecule has 2 heterocycles. The third-order valence-electron chi connectivity index (χ3n) is 5.31. The second kappa shape index (κ2) is 6.14. The van der Waals surface area contributed by atoms with Gasteiger partial charge in [-0.05, 0) is 24.3 Å². The topological polar surface area (TPSA) is 92.7 Å². The van der Waals surface area contributed by atoms with Crippen LogP contribution >= 0.6 is 0 Å². The first-order valence-electron chi connectivity index (χ1n) is 8.35. The molecule has 3 rings (SSSR count). The van der Waals surface area contributed by atoms with E-state index in [-0.39, 0.29) is 29.1 Å². The predicted octanol–water partition coefficient (Wildman–Crippen LogP) is 1.76. The molecular formula is C17H24N4O3. The Morgan fingerprint density at radius 1 is 1.29 bits per heavy atom. The average molecular weight is 332 g/mol. The molecular weight excluding hydrogens is 308 g/mol. The fraction of sp³-hybridized carbons (Fsp3) is 0.588. The van der Waals surface area contributed by atoms with Crippen LogP contribution in [0.1, 0.15) is 26.7 Å². The Morgan fingerprint density at radius 2 is 2.04 bits per heavy atom. The number of hydrogen-bond donors (Lipinski definition) is 1. The molecule has 0 radical (unpaired) electrons. The molecule has 24 heavy (non-hydrogen) atoms. The molecule has 7 nitrogen and oxygen atoms in total. The SMILES string of the molecule is CC1(C)CN(C2CCN(c3cccc([N+](=O)[O-])c3)C2=O)CCC1N. The van der Waals surface area contributed by atoms with Crippen LogP contribution in [0.15, 0.2) is 24.3 Å². The largest absolute Gasteiger partial charge is 0.327 e. The minimum absolute atomic E-state index is 0.00818. The number of non-ortho nitro benzene ring substituents is 1. The lowest BCUT2D eigenvalue weighted by molar-refractivity contribution is -0.384. The smallest absolute Gasteiger partial charge is 0.271 e. The average Bonchev–Trinajstić information content (AvgIpc) is 2.92. The summed E-state index contributed by atoms with van der Waals surface area (Å²) in [6.07, 6.45) is 1.63. The van der Waals surface area contributed by atoms with Crippen LogP contribution in [0.3, 0.4) is 0 Å². The molecule has 0 spiro atoms. The van der Waals surface area contributed by atoms with E-state index in [9.17, 15) is 14.9 Å². The van der Waals surface area contributed by atoms with Crippen molar-refractivity contribution in [3.63, 3.8) is 0 Å². The number of hydrogen-bond acceptors (Lipinski definition) is 5. The van der Waals surface area contributed by atoms with Crippen LogP contribution in [0, 0.1) is 15.5 Å². The Labute approximate surface area is 141 Å². The van der Waals surface area contributed by atoms with Crippen molar-refractivity contribution in [1.82, 2.24) is 4.90 Å². The summed E-state index contributed by atoms with van der Waals surface area (Å²) in [5.74, 6) is 0.0294. The molecule has 1 aromatic carbocycles. The Balaban J connectivity index is 1.76. The molecule has 2 N–H and O–H groups in total. The fourth-order valence-corrected chi connectivity index (χ4v) is 3.72. The van der Waals surface area contributed by atoms with Crippen LogP contribution in [0.4, 0.5) is 11.4 Å². The molecule has 0 aliphatic carbocycles. The summed E-state index contributed by atoms with van der Waals surface area (Å²) in [5, 5.41) is 10.9. The van der Waals surface area contributed by atoms with Gasteiger partial charge in [-0.3, -0.25) is 19.8 Å². The Hall–Kier alpha value is -1.99. The first kappa shape index (κ1) is 16.9. The standard InChI is InChI=1S/C17H24N4O3/c1-17(2)11-19(8-7-15(17)18)14-6-9-20(16(14)22)12-4-3-5-13(10-12)21(23)24/h3-5,10,14-15H,6-9,11,18H2,1-2H3. The highest BCUT2D eigenvalue weighted by molar-refractivity contribution is 5.99. The first-order valence-corrected chi connectivity index (χ1v) is 8.35. The van der Waals surface area contributed by atoms with Crippen molar-refractivity contribution in [2.24, 2.45) is 11.1 Å². The maximum absolute atomic E-state index is 12.9. The molecule has 0 aromatic heterocycles. The van der Waals surface area contributed by atoms with Gasteiger partial charge in [-0.25, -0.2) is 0 Å². The Bertz CT molecular complexity index is 661. The number of likely N-dealkylation sites (tertiary alicyclic amines) is 1. The van der Waals surface area contributed by atoms with Gasteiger partial charge < -0.3 is 10.6 Å². The number of nitrogens with two attached hydrogens (primary N) is 1. The fourth-order valence-electron chi connectivity index (χ4n) is 3.72. The monoisotopic (exact) mass is 332 g/mol. The number of piperidine rings is 1. The molecule has 2 saturated heterocycles. The number of nitrogens with zero attached hydrogens (tertiary/aromatic N) is 3. The van der Waals surface area contributed by atoms with E-state index in [2.05, 4.69) is 18.7 Å². The number of carbonyl (C=O) groups is 1. The number of nitro groups is 1. The molecule has 2 unspecified atom stereocenters. The molecule has 0 saturated carbocycles. The van der Waals surface area contributed by atoms with E-state index in [1.165, 1.54) is 12.1 Å². The van der Waals surface area contributed by atoms with E-state index in [1.807, 2.05) is 0 Å². The van der Waals surface area contributed by atoms with Crippen molar-refractivity contribution in [3.05, 3.63) is 34.4 Å². The van der Waals surface area contributed by atoms with E-state index in [0.29, 0.717) is 12.2 Å². The summed E-state index contributed by atoms with van der Waals surface area (Å²) >= 11 is 0. The molecule has 2 fully saturated rings. The summed E-state index contributed by atoms with van der Waals surface area (Å²) in [4.78, 5) is 27.3. The summed E-state index contributed by atoms with van der Waals surface area (Å²) < 4.78 is 0. The third kappa shape index (κ3) is 3.01. The van der Waals surface area contributed by atoms with Crippen molar-refractivity contribution in [3.8, 4) is 0 Å². The number of carbonyl (C=O) groups excluding carboxylic acids is 1. The molecule has 7 heteroatoms. The highest BCUT2D eigenvalue weighted by Gasteiger charge is 2.42. The second-order valence-electron chi connectivity index (χ2n) is 7.43. The number of anilines is 1. The van der Waals surface area contributed by atoms with Crippen molar-refractivity contribution in [2.75, 3.05) is 24.5 Å². The summed E-state index contributed by atoms with van der Waals surface area (Å²) in [6, 6.07) is 6.28. The summed E-state index contributed by atoms with van der Waals surface area (Å²) in [7, 11) is 0. The lowest BCUT2D eigenvalue weighted by atomic mass is 9.79. The van der Waals surface area contributed by atoms with Crippen LogP contribution in [0.5, 0.6) is 0 Å². The third-order valence-corrected chi connectivity index (χ3v) is 5.31.